The lowest BCUT2D eigenvalue weighted by molar-refractivity contribution is -0.123. The van der Waals surface area contributed by atoms with Crippen LogP contribution in [0.4, 0.5) is 0 Å². The van der Waals surface area contributed by atoms with Crippen LogP contribution in [0.1, 0.15) is 34.1 Å². The first-order valence-electron chi connectivity index (χ1n) is 6.14. The van der Waals surface area contributed by atoms with Crippen molar-refractivity contribution in [2.24, 2.45) is 5.92 Å². The van der Waals surface area contributed by atoms with Crippen LogP contribution in [0.5, 0.6) is 0 Å². The summed E-state index contributed by atoms with van der Waals surface area (Å²) in [5.74, 6) is 1.76. The zero-order valence-electron chi connectivity index (χ0n) is 10.7. The van der Waals surface area contributed by atoms with Crippen LogP contribution in [-0.2, 0) is 4.79 Å². The number of thioether (sulfide) groups is 1. The van der Waals surface area contributed by atoms with Gasteiger partial charge in [-0.05, 0) is 19.3 Å². The summed E-state index contributed by atoms with van der Waals surface area (Å²) in [6, 6.07) is 0.425. The summed E-state index contributed by atoms with van der Waals surface area (Å²) < 4.78 is 0. The normalized spacial score (nSPS) is 27.1. The molecule has 0 saturated carbocycles. The van der Waals surface area contributed by atoms with Gasteiger partial charge in [0.05, 0.1) is 6.04 Å². The van der Waals surface area contributed by atoms with Gasteiger partial charge in [-0.3, -0.25) is 4.79 Å². The van der Waals surface area contributed by atoms with Crippen molar-refractivity contribution >= 4 is 17.7 Å². The van der Waals surface area contributed by atoms with Gasteiger partial charge in [0.25, 0.3) is 0 Å². The number of amides is 1. The number of nitrogens with one attached hydrogen (secondary N) is 2. The van der Waals surface area contributed by atoms with Gasteiger partial charge in [-0.25, -0.2) is 0 Å². The van der Waals surface area contributed by atoms with Crippen LogP contribution in [0.15, 0.2) is 0 Å². The third-order valence-corrected chi connectivity index (χ3v) is 4.12. The van der Waals surface area contributed by atoms with Crippen LogP contribution < -0.4 is 10.6 Å². The Hall–Kier alpha value is -0.220. The van der Waals surface area contributed by atoms with Crippen molar-refractivity contribution in [1.29, 1.82) is 0 Å². The van der Waals surface area contributed by atoms with Gasteiger partial charge in [0, 0.05) is 23.6 Å². The van der Waals surface area contributed by atoms with E-state index in [1.807, 2.05) is 18.7 Å². The highest BCUT2D eigenvalue weighted by Crippen LogP contribution is 2.26. The number of hydrogen-bond acceptors (Lipinski definition) is 3. The average molecular weight is 244 g/mol. The molecular weight excluding hydrogens is 220 g/mol. The van der Waals surface area contributed by atoms with E-state index in [9.17, 15) is 4.79 Å². The molecule has 1 saturated heterocycles. The van der Waals surface area contributed by atoms with E-state index in [0.29, 0.717) is 12.0 Å². The fourth-order valence-corrected chi connectivity index (χ4v) is 2.98. The minimum atomic E-state index is -0.0744. The van der Waals surface area contributed by atoms with E-state index >= 15 is 0 Å². The second-order valence-corrected chi connectivity index (χ2v) is 6.58. The van der Waals surface area contributed by atoms with E-state index in [1.54, 1.807) is 0 Å². The van der Waals surface area contributed by atoms with E-state index in [1.165, 1.54) is 6.42 Å². The maximum Gasteiger partial charge on any atom is 0.236 e. The molecule has 1 amide bonds. The summed E-state index contributed by atoms with van der Waals surface area (Å²) in [6.45, 7) is 9.17. The average Bonchev–Trinajstić information content (AvgIpc) is 2.60. The lowest BCUT2D eigenvalue weighted by Crippen LogP contribution is -2.47. The van der Waals surface area contributed by atoms with E-state index in [-0.39, 0.29) is 11.9 Å². The fraction of sp³-hybridized carbons (Fsp3) is 0.917. The van der Waals surface area contributed by atoms with Crippen molar-refractivity contribution in [3.63, 3.8) is 0 Å². The minimum absolute atomic E-state index is 0.0744. The Labute approximate surface area is 103 Å². The Morgan fingerprint density at radius 2 is 2.12 bits per heavy atom. The molecule has 4 heteroatoms. The highest BCUT2D eigenvalue weighted by molar-refractivity contribution is 8.00. The molecule has 16 heavy (non-hydrogen) atoms. The molecule has 1 fully saturated rings. The van der Waals surface area contributed by atoms with Gasteiger partial charge in [0.2, 0.25) is 5.91 Å². The van der Waals surface area contributed by atoms with Gasteiger partial charge in [0.15, 0.2) is 0 Å². The molecule has 0 bridgehead atoms. The molecule has 0 aromatic heterocycles. The summed E-state index contributed by atoms with van der Waals surface area (Å²) in [7, 11) is 0. The lowest BCUT2D eigenvalue weighted by atomic mass is 10.1. The SMILES string of the molecule is CC(C)CNC(=O)C(C)NC1CSC(C)C1. The second-order valence-electron chi connectivity index (χ2n) is 5.10. The summed E-state index contributed by atoms with van der Waals surface area (Å²) >= 11 is 1.98. The molecule has 3 atom stereocenters. The molecule has 3 nitrogen and oxygen atoms in total. The van der Waals surface area contributed by atoms with Gasteiger partial charge in [-0.1, -0.05) is 20.8 Å². The maximum atomic E-state index is 11.7. The zero-order valence-corrected chi connectivity index (χ0v) is 11.6. The summed E-state index contributed by atoms with van der Waals surface area (Å²) in [5, 5.41) is 7.08. The van der Waals surface area contributed by atoms with Crippen LogP contribution >= 0.6 is 11.8 Å². The third-order valence-electron chi connectivity index (χ3n) is 2.76. The molecule has 0 spiro atoms. The highest BCUT2D eigenvalue weighted by Gasteiger charge is 2.24. The first-order chi connectivity index (χ1) is 7.49. The fourth-order valence-electron chi connectivity index (χ4n) is 1.82. The van der Waals surface area contributed by atoms with E-state index in [4.69, 9.17) is 0 Å². The number of rotatable bonds is 5. The Morgan fingerprint density at radius 1 is 1.44 bits per heavy atom. The highest BCUT2D eigenvalue weighted by atomic mass is 32.2. The Kier molecular flexibility index (Phi) is 5.62. The van der Waals surface area contributed by atoms with Crippen LogP contribution in [0.3, 0.4) is 0 Å². The van der Waals surface area contributed by atoms with Gasteiger partial charge in [-0.2, -0.15) is 11.8 Å². The largest absolute Gasteiger partial charge is 0.354 e. The zero-order chi connectivity index (χ0) is 12.1. The molecule has 3 unspecified atom stereocenters. The summed E-state index contributed by atoms with van der Waals surface area (Å²) in [6.07, 6.45) is 1.17. The predicted octanol–water partition coefficient (Wildman–Crippen LogP) is 1.63. The molecular formula is C12H24N2OS. The van der Waals surface area contributed by atoms with Crippen molar-refractivity contribution in [3.8, 4) is 0 Å². The van der Waals surface area contributed by atoms with Crippen molar-refractivity contribution in [1.82, 2.24) is 10.6 Å². The molecule has 1 heterocycles. The molecule has 0 aromatic rings. The topological polar surface area (TPSA) is 41.1 Å². The van der Waals surface area contributed by atoms with Crippen LogP contribution in [0.2, 0.25) is 0 Å². The van der Waals surface area contributed by atoms with Crippen LogP contribution in [0, 0.1) is 5.92 Å². The molecule has 1 aliphatic heterocycles. The molecule has 94 valence electrons. The Balaban J connectivity index is 2.23. The van der Waals surface area contributed by atoms with E-state index in [2.05, 4.69) is 31.4 Å². The number of carbonyl (C=O) groups excluding carboxylic acids is 1. The number of hydrogen-bond donors (Lipinski definition) is 2. The minimum Gasteiger partial charge on any atom is -0.354 e. The van der Waals surface area contributed by atoms with Gasteiger partial charge in [-0.15, -0.1) is 0 Å². The quantitative estimate of drug-likeness (QED) is 0.772. The van der Waals surface area contributed by atoms with Gasteiger partial charge >= 0.3 is 0 Å². The first kappa shape index (κ1) is 13.8. The predicted molar refractivity (Wildman–Crippen MR) is 70.8 cm³/mol. The standard InChI is InChI=1S/C12H24N2OS/c1-8(2)6-13-12(15)10(4)14-11-5-9(3)16-7-11/h8-11,14H,5-7H2,1-4H3,(H,13,15). The van der Waals surface area contributed by atoms with Crippen molar-refractivity contribution < 1.29 is 4.79 Å². The Bertz CT molecular complexity index is 233. The van der Waals surface area contributed by atoms with Crippen LogP contribution in [-0.4, -0.2) is 35.5 Å². The Morgan fingerprint density at radius 3 is 2.62 bits per heavy atom. The maximum absolute atomic E-state index is 11.7. The van der Waals surface area contributed by atoms with E-state index < -0.39 is 0 Å². The van der Waals surface area contributed by atoms with Crippen molar-refractivity contribution in [3.05, 3.63) is 0 Å². The molecule has 2 N–H and O–H groups in total. The number of carbonyl (C=O) groups is 1. The second kappa shape index (κ2) is 6.50. The van der Waals surface area contributed by atoms with Crippen LogP contribution in [0.25, 0.3) is 0 Å². The van der Waals surface area contributed by atoms with Crippen molar-refractivity contribution in [2.75, 3.05) is 12.3 Å². The van der Waals surface area contributed by atoms with E-state index in [0.717, 1.165) is 17.5 Å². The van der Waals surface area contributed by atoms with Crippen molar-refractivity contribution in [2.45, 2.75) is 51.4 Å². The third kappa shape index (κ3) is 4.74. The molecule has 0 aromatic carbocycles. The monoisotopic (exact) mass is 244 g/mol. The first-order valence-corrected chi connectivity index (χ1v) is 7.19. The summed E-state index contributed by atoms with van der Waals surface area (Å²) in [4.78, 5) is 11.7. The molecule has 0 radical (unpaired) electrons. The molecule has 0 aliphatic carbocycles. The smallest absolute Gasteiger partial charge is 0.236 e. The summed E-state index contributed by atoms with van der Waals surface area (Å²) in [5.41, 5.74) is 0. The molecule has 1 rings (SSSR count). The molecule has 1 aliphatic rings. The van der Waals surface area contributed by atoms with Gasteiger partial charge in [0.1, 0.15) is 0 Å². The lowest BCUT2D eigenvalue weighted by Gasteiger charge is -2.19. The van der Waals surface area contributed by atoms with Gasteiger partial charge < -0.3 is 10.6 Å².